The van der Waals surface area contributed by atoms with Gasteiger partial charge in [0.05, 0.1) is 0 Å². The number of carbonyl (C=O) groups excluding carboxylic acids is 1. The molecule has 150 valence electrons. The Balaban J connectivity index is 1.32. The quantitative estimate of drug-likeness (QED) is 0.687. The summed E-state index contributed by atoms with van der Waals surface area (Å²) in [5.74, 6) is 1.25. The van der Waals surface area contributed by atoms with Crippen molar-refractivity contribution in [3.05, 3.63) is 48.5 Å². The summed E-state index contributed by atoms with van der Waals surface area (Å²) >= 11 is 0. The van der Waals surface area contributed by atoms with Gasteiger partial charge in [-0.2, -0.15) is 0 Å². The van der Waals surface area contributed by atoms with Crippen molar-refractivity contribution >= 4 is 11.9 Å². The average molecular weight is 387 g/mol. The minimum Gasteiger partial charge on any atom is -0.492 e. The van der Waals surface area contributed by atoms with E-state index >= 15 is 0 Å². The molecular weight excluding hydrogens is 361 g/mol. The summed E-state index contributed by atoms with van der Waals surface area (Å²) in [6, 6.07) is 7.77. The number of rotatable bonds is 8. The number of piperazine rings is 1. The highest BCUT2D eigenvalue weighted by atomic mass is 19.1. The molecule has 0 saturated carbocycles. The second-order valence-corrected chi connectivity index (χ2v) is 6.77. The summed E-state index contributed by atoms with van der Waals surface area (Å²) < 4.78 is 18.5. The standard InChI is InChI=1S/C20H26FN5O2/c1-24(15-16-28-18-5-3-17(21)4-6-18)10-7-19(27)25-11-13-26(14-12-25)20-22-8-2-9-23-20/h2-6,8-9H,7,10-16H2,1H3. The molecule has 1 aliphatic rings. The van der Waals surface area contributed by atoms with Crippen molar-refractivity contribution in [1.29, 1.82) is 0 Å². The van der Waals surface area contributed by atoms with Gasteiger partial charge in [-0.1, -0.05) is 0 Å². The van der Waals surface area contributed by atoms with Crippen LogP contribution >= 0.6 is 0 Å². The van der Waals surface area contributed by atoms with Crippen molar-refractivity contribution in [3.8, 4) is 5.75 Å². The van der Waals surface area contributed by atoms with Crippen LogP contribution in [0.2, 0.25) is 0 Å². The summed E-state index contributed by atoms with van der Waals surface area (Å²) in [4.78, 5) is 27.0. The highest BCUT2D eigenvalue weighted by Gasteiger charge is 2.22. The van der Waals surface area contributed by atoms with Crippen molar-refractivity contribution in [2.75, 3.05) is 57.8 Å². The number of amides is 1. The minimum atomic E-state index is -0.278. The van der Waals surface area contributed by atoms with Gasteiger partial charge in [-0.15, -0.1) is 0 Å². The zero-order chi connectivity index (χ0) is 19.8. The van der Waals surface area contributed by atoms with Crippen LogP contribution < -0.4 is 9.64 Å². The lowest BCUT2D eigenvalue weighted by atomic mass is 10.2. The molecule has 0 radical (unpaired) electrons. The third-order valence-electron chi connectivity index (χ3n) is 4.73. The molecule has 1 fully saturated rings. The van der Waals surface area contributed by atoms with Crippen LogP contribution in [0.4, 0.5) is 10.3 Å². The zero-order valence-electron chi connectivity index (χ0n) is 16.1. The molecule has 0 unspecified atom stereocenters. The number of likely N-dealkylation sites (N-methyl/N-ethyl adjacent to an activating group) is 1. The highest BCUT2D eigenvalue weighted by Crippen LogP contribution is 2.12. The van der Waals surface area contributed by atoms with Gasteiger partial charge in [-0.05, 0) is 37.4 Å². The molecule has 0 spiro atoms. The largest absolute Gasteiger partial charge is 0.492 e. The lowest BCUT2D eigenvalue weighted by molar-refractivity contribution is -0.131. The SMILES string of the molecule is CN(CCOc1ccc(F)cc1)CCC(=O)N1CCN(c2ncccn2)CC1. The molecule has 1 aromatic heterocycles. The number of hydrogen-bond acceptors (Lipinski definition) is 6. The molecule has 1 aromatic carbocycles. The Morgan fingerprint density at radius 1 is 1.11 bits per heavy atom. The summed E-state index contributed by atoms with van der Waals surface area (Å²) in [6.07, 6.45) is 3.94. The average Bonchev–Trinajstić information content (AvgIpc) is 2.74. The molecule has 2 aromatic rings. The van der Waals surface area contributed by atoms with Gasteiger partial charge in [0.15, 0.2) is 0 Å². The minimum absolute atomic E-state index is 0.167. The van der Waals surface area contributed by atoms with Crippen molar-refractivity contribution in [2.45, 2.75) is 6.42 Å². The first-order valence-electron chi connectivity index (χ1n) is 9.48. The van der Waals surface area contributed by atoms with Gasteiger partial charge in [0, 0.05) is 58.1 Å². The Morgan fingerprint density at radius 3 is 2.46 bits per heavy atom. The molecule has 1 aliphatic heterocycles. The predicted octanol–water partition coefficient (Wildman–Crippen LogP) is 1.67. The molecule has 3 rings (SSSR count). The summed E-state index contributed by atoms with van der Waals surface area (Å²) in [7, 11) is 1.96. The van der Waals surface area contributed by atoms with Gasteiger partial charge in [0.25, 0.3) is 0 Å². The van der Waals surface area contributed by atoms with E-state index < -0.39 is 0 Å². The zero-order valence-corrected chi connectivity index (χ0v) is 16.1. The molecular formula is C20H26FN5O2. The first-order valence-corrected chi connectivity index (χ1v) is 9.48. The molecule has 28 heavy (non-hydrogen) atoms. The number of ether oxygens (including phenoxy) is 1. The van der Waals surface area contributed by atoms with Gasteiger partial charge >= 0.3 is 0 Å². The first kappa shape index (κ1) is 20.0. The Kier molecular flexibility index (Phi) is 7.13. The van der Waals surface area contributed by atoms with Crippen molar-refractivity contribution < 1.29 is 13.9 Å². The van der Waals surface area contributed by atoms with E-state index in [1.165, 1.54) is 12.1 Å². The van der Waals surface area contributed by atoms with E-state index in [1.807, 2.05) is 11.9 Å². The maximum absolute atomic E-state index is 12.9. The van der Waals surface area contributed by atoms with Gasteiger partial charge in [0.2, 0.25) is 11.9 Å². The predicted molar refractivity (Wildman–Crippen MR) is 105 cm³/mol. The van der Waals surface area contributed by atoms with E-state index in [9.17, 15) is 9.18 Å². The van der Waals surface area contributed by atoms with Crippen LogP contribution in [0.5, 0.6) is 5.75 Å². The Bertz CT molecular complexity index is 736. The Morgan fingerprint density at radius 2 is 1.79 bits per heavy atom. The van der Waals surface area contributed by atoms with Crippen molar-refractivity contribution in [3.63, 3.8) is 0 Å². The third kappa shape index (κ3) is 5.88. The van der Waals surface area contributed by atoms with E-state index in [1.54, 1.807) is 30.6 Å². The Labute approximate surface area is 164 Å². The van der Waals surface area contributed by atoms with Crippen LogP contribution in [0.3, 0.4) is 0 Å². The second kappa shape index (κ2) is 9.98. The molecule has 2 heterocycles. The van der Waals surface area contributed by atoms with Crippen molar-refractivity contribution in [2.24, 2.45) is 0 Å². The van der Waals surface area contributed by atoms with Crippen LogP contribution in [0.1, 0.15) is 6.42 Å². The lowest BCUT2D eigenvalue weighted by Crippen LogP contribution is -2.49. The van der Waals surface area contributed by atoms with Gasteiger partial charge in [0.1, 0.15) is 18.2 Å². The first-order chi connectivity index (χ1) is 13.6. The normalized spacial score (nSPS) is 14.4. The molecule has 0 N–H and O–H groups in total. The number of aromatic nitrogens is 2. The topological polar surface area (TPSA) is 61.8 Å². The van der Waals surface area contributed by atoms with Gasteiger partial charge < -0.3 is 19.4 Å². The fourth-order valence-corrected chi connectivity index (χ4v) is 3.02. The van der Waals surface area contributed by atoms with Crippen LogP contribution in [-0.4, -0.2) is 78.6 Å². The number of carbonyl (C=O) groups is 1. The molecule has 0 aliphatic carbocycles. The van der Waals surface area contributed by atoms with E-state index in [4.69, 9.17) is 4.74 Å². The maximum Gasteiger partial charge on any atom is 0.225 e. The van der Waals surface area contributed by atoms with E-state index in [0.717, 1.165) is 19.0 Å². The van der Waals surface area contributed by atoms with Gasteiger partial charge in [-0.25, -0.2) is 14.4 Å². The molecule has 8 heteroatoms. The van der Waals surface area contributed by atoms with Gasteiger partial charge in [-0.3, -0.25) is 4.79 Å². The van der Waals surface area contributed by atoms with Crippen molar-refractivity contribution in [1.82, 2.24) is 19.8 Å². The lowest BCUT2D eigenvalue weighted by Gasteiger charge is -2.35. The maximum atomic E-state index is 12.9. The summed E-state index contributed by atoms with van der Waals surface area (Å²) in [5.41, 5.74) is 0. The second-order valence-electron chi connectivity index (χ2n) is 6.77. The molecule has 1 saturated heterocycles. The fraction of sp³-hybridized carbons (Fsp3) is 0.450. The summed E-state index contributed by atoms with van der Waals surface area (Å²) in [6.45, 7) is 4.74. The highest BCUT2D eigenvalue weighted by molar-refractivity contribution is 5.76. The van der Waals surface area contributed by atoms with E-state index in [2.05, 4.69) is 19.8 Å². The van der Waals surface area contributed by atoms with Crippen LogP contribution in [-0.2, 0) is 4.79 Å². The molecule has 0 bridgehead atoms. The number of nitrogens with zero attached hydrogens (tertiary/aromatic N) is 5. The number of hydrogen-bond donors (Lipinski definition) is 0. The molecule has 1 amide bonds. The number of halogens is 1. The summed E-state index contributed by atoms with van der Waals surface area (Å²) in [5, 5.41) is 0. The smallest absolute Gasteiger partial charge is 0.225 e. The fourth-order valence-electron chi connectivity index (χ4n) is 3.02. The third-order valence-corrected chi connectivity index (χ3v) is 4.73. The number of benzene rings is 1. The molecule has 7 nitrogen and oxygen atoms in total. The van der Waals surface area contributed by atoms with E-state index in [-0.39, 0.29) is 11.7 Å². The van der Waals surface area contributed by atoms with Crippen LogP contribution in [0, 0.1) is 5.82 Å². The monoisotopic (exact) mass is 387 g/mol. The Hall–Kier alpha value is -2.74. The van der Waals surface area contributed by atoms with E-state index in [0.29, 0.717) is 45.0 Å². The molecule has 0 atom stereocenters. The number of anilines is 1. The van der Waals surface area contributed by atoms with Crippen LogP contribution in [0.25, 0.3) is 0 Å². The van der Waals surface area contributed by atoms with Crippen LogP contribution in [0.15, 0.2) is 42.7 Å².